The van der Waals surface area contributed by atoms with Crippen molar-refractivity contribution in [3.8, 4) is 0 Å². The molecule has 5 heteroatoms. The monoisotopic (exact) mass is 304 g/mol. The van der Waals surface area contributed by atoms with Crippen molar-refractivity contribution in [3.05, 3.63) is 41.5 Å². The number of benzene rings is 1. The Morgan fingerprint density at radius 2 is 1.91 bits per heavy atom. The van der Waals surface area contributed by atoms with Crippen LogP contribution >= 0.6 is 0 Å². The highest BCUT2D eigenvalue weighted by Gasteiger charge is 2.20. The Kier molecular flexibility index (Phi) is 6.31. The molecule has 0 fully saturated rings. The van der Waals surface area contributed by atoms with Crippen LogP contribution < -0.4 is 11.1 Å². The summed E-state index contributed by atoms with van der Waals surface area (Å²) in [6, 6.07) is 6.68. The van der Waals surface area contributed by atoms with Crippen molar-refractivity contribution < 1.29 is 14.7 Å². The molecule has 1 unspecified atom stereocenters. The predicted molar refractivity (Wildman–Crippen MR) is 87.1 cm³/mol. The highest BCUT2D eigenvalue weighted by Crippen LogP contribution is 2.20. The van der Waals surface area contributed by atoms with E-state index in [9.17, 15) is 14.7 Å². The fourth-order valence-electron chi connectivity index (χ4n) is 2.19. The topological polar surface area (TPSA) is 92.4 Å². The Morgan fingerprint density at radius 3 is 2.41 bits per heavy atom. The number of primary amides is 1. The minimum absolute atomic E-state index is 0.166. The quantitative estimate of drug-likeness (QED) is 0.670. The number of rotatable bonds is 7. The number of nitrogens with two attached hydrogens (primary N) is 1. The van der Waals surface area contributed by atoms with Gasteiger partial charge in [-0.15, -0.1) is 0 Å². The zero-order valence-electron chi connectivity index (χ0n) is 13.3. The van der Waals surface area contributed by atoms with Crippen LogP contribution in [0.25, 0.3) is 6.08 Å². The van der Waals surface area contributed by atoms with Gasteiger partial charge in [0.05, 0.1) is 6.10 Å². The third-order valence-corrected chi connectivity index (χ3v) is 3.21. The lowest BCUT2D eigenvalue weighted by molar-refractivity contribution is -0.117. The van der Waals surface area contributed by atoms with E-state index in [0.29, 0.717) is 18.5 Å². The summed E-state index contributed by atoms with van der Waals surface area (Å²) in [6.45, 7) is 6.21. The van der Waals surface area contributed by atoms with E-state index in [2.05, 4.69) is 5.32 Å². The van der Waals surface area contributed by atoms with Crippen LogP contribution in [0.1, 0.15) is 43.1 Å². The fourth-order valence-corrected chi connectivity index (χ4v) is 2.19. The van der Waals surface area contributed by atoms with Crippen molar-refractivity contribution in [1.82, 2.24) is 5.32 Å². The van der Waals surface area contributed by atoms with E-state index in [0.717, 1.165) is 5.56 Å². The second-order valence-corrected chi connectivity index (χ2v) is 6.25. The molecule has 0 heterocycles. The van der Waals surface area contributed by atoms with E-state index < -0.39 is 12.0 Å². The van der Waals surface area contributed by atoms with Gasteiger partial charge in [0.25, 0.3) is 0 Å². The van der Waals surface area contributed by atoms with Crippen molar-refractivity contribution in [2.75, 3.05) is 6.54 Å². The molecule has 0 saturated carbocycles. The highest BCUT2D eigenvalue weighted by molar-refractivity contribution is 5.94. The number of hydrogen-bond donors (Lipinski definition) is 3. The number of carbonyl (C=O) groups excluding carboxylic acids is 2. The zero-order chi connectivity index (χ0) is 16.8. The maximum atomic E-state index is 11.8. The maximum Gasteiger partial charge on any atom is 0.248 e. The van der Waals surface area contributed by atoms with Gasteiger partial charge in [0.2, 0.25) is 11.8 Å². The molecule has 1 aromatic rings. The molecule has 0 radical (unpaired) electrons. The third kappa shape index (κ3) is 6.54. The molecule has 120 valence electrons. The molecular formula is C17H24N2O3. The van der Waals surface area contributed by atoms with Gasteiger partial charge in [0, 0.05) is 18.2 Å². The summed E-state index contributed by atoms with van der Waals surface area (Å²) in [7, 11) is 0. The van der Waals surface area contributed by atoms with Gasteiger partial charge >= 0.3 is 0 Å². The maximum absolute atomic E-state index is 11.8. The normalized spacial score (nSPS) is 13.1. The van der Waals surface area contributed by atoms with Crippen LogP contribution in [0.15, 0.2) is 30.3 Å². The van der Waals surface area contributed by atoms with Crippen molar-refractivity contribution >= 4 is 17.9 Å². The second-order valence-electron chi connectivity index (χ2n) is 6.25. The third-order valence-electron chi connectivity index (χ3n) is 3.21. The van der Waals surface area contributed by atoms with E-state index in [1.807, 2.05) is 13.8 Å². The highest BCUT2D eigenvalue weighted by atomic mass is 16.3. The van der Waals surface area contributed by atoms with Gasteiger partial charge in [0.15, 0.2) is 0 Å². The first-order valence-corrected chi connectivity index (χ1v) is 7.23. The van der Waals surface area contributed by atoms with E-state index in [1.54, 1.807) is 37.3 Å². The smallest absolute Gasteiger partial charge is 0.248 e. The molecular weight excluding hydrogens is 280 g/mol. The molecule has 1 aromatic carbocycles. The molecule has 5 nitrogen and oxygen atoms in total. The minimum atomic E-state index is -0.478. The van der Waals surface area contributed by atoms with Crippen LogP contribution in [-0.4, -0.2) is 29.6 Å². The standard InChI is InChI=1S/C17H24N2O3/c1-12(20)10-17(2,3)11-19-15(21)9-6-13-4-7-14(8-5-13)16(18)22/h4-9,12,20H,10-11H2,1-3H3,(H2,18,22)(H,19,21)/b9-6+. The lowest BCUT2D eigenvalue weighted by Gasteiger charge is -2.26. The number of aliphatic hydroxyl groups is 1. The average Bonchev–Trinajstić information content (AvgIpc) is 2.42. The van der Waals surface area contributed by atoms with Crippen molar-refractivity contribution in [3.63, 3.8) is 0 Å². The molecule has 2 amide bonds. The molecule has 0 aromatic heterocycles. The summed E-state index contributed by atoms with van der Waals surface area (Å²) in [5.41, 5.74) is 6.24. The average molecular weight is 304 g/mol. The summed E-state index contributed by atoms with van der Waals surface area (Å²) in [5.74, 6) is -0.675. The molecule has 1 atom stereocenters. The lowest BCUT2D eigenvalue weighted by atomic mass is 9.87. The molecule has 22 heavy (non-hydrogen) atoms. The number of hydrogen-bond acceptors (Lipinski definition) is 3. The second kappa shape index (κ2) is 7.75. The molecule has 0 aliphatic carbocycles. The summed E-state index contributed by atoms with van der Waals surface area (Å²) in [4.78, 5) is 22.7. The number of carbonyl (C=O) groups is 2. The Bertz CT molecular complexity index is 546. The summed E-state index contributed by atoms with van der Waals surface area (Å²) in [6.07, 6.45) is 3.33. The van der Waals surface area contributed by atoms with Crippen LogP contribution in [0.4, 0.5) is 0 Å². The molecule has 1 rings (SSSR count). The van der Waals surface area contributed by atoms with Gasteiger partial charge in [-0.2, -0.15) is 0 Å². The molecule has 4 N–H and O–H groups in total. The van der Waals surface area contributed by atoms with E-state index in [4.69, 9.17) is 5.73 Å². The van der Waals surface area contributed by atoms with Gasteiger partial charge in [-0.25, -0.2) is 0 Å². The van der Waals surface area contributed by atoms with Crippen LogP contribution in [0.2, 0.25) is 0 Å². The fraction of sp³-hybridized carbons (Fsp3) is 0.412. The first-order valence-electron chi connectivity index (χ1n) is 7.23. The van der Waals surface area contributed by atoms with Crippen LogP contribution in [0.5, 0.6) is 0 Å². The minimum Gasteiger partial charge on any atom is -0.393 e. The van der Waals surface area contributed by atoms with Crippen LogP contribution in [-0.2, 0) is 4.79 Å². The van der Waals surface area contributed by atoms with Crippen LogP contribution in [0, 0.1) is 5.41 Å². The first-order chi connectivity index (χ1) is 10.2. The van der Waals surface area contributed by atoms with Gasteiger partial charge in [-0.1, -0.05) is 26.0 Å². The van der Waals surface area contributed by atoms with E-state index in [-0.39, 0.29) is 11.3 Å². The molecule has 0 aliphatic heterocycles. The van der Waals surface area contributed by atoms with Gasteiger partial charge in [-0.3, -0.25) is 9.59 Å². The molecule has 0 bridgehead atoms. The Morgan fingerprint density at radius 1 is 1.32 bits per heavy atom. The first kappa shape index (κ1) is 17.9. The van der Waals surface area contributed by atoms with Crippen molar-refractivity contribution in [2.24, 2.45) is 11.1 Å². The SMILES string of the molecule is CC(O)CC(C)(C)CNC(=O)/C=C/c1ccc(C(N)=O)cc1. The molecule has 0 saturated heterocycles. The Balaban J connectivity index is 2.52. The largest absolute Gasteiger partial charge is 0.393 e. The summed E-state index contributed by atoms with van der Waals surface area (Å²) < 4.78 is 0. The molecule has 0 aliphatic rings. The van der Waals surface area contributed by atoms with Crippen LogP contribution in [0.3, 0.4) is 0 Å². The number of aliphatic hydroxyl groups excluding tert-OH is 1. The van der Waals surface area contributed by atoms with E-state index in [1.165, 1.54) is 6.08 Å². The number of amides is 2. The van der Waals surface area contributed by atoms with Gasteiger partial charge in [-0.05, 0) is 42.5 Å². The Labute approximate surface area is 131 Å². The van der Waals surface area contributed by atoms with Gasteiger partial charge in [0.1, 0.15) is 0 Å². The predicted octanol–water partition coefficient (Wildman–Crippen LogP) is 1.71. The summed E-state index contributed by atoms with van der Waals surface area (Å²) >= 11 is 0. The van der Waals surface area contributed by atoms with Gasteiger partial charge < -0.3 is 16.2 Å². The Hall–Kier alpha value is -2.14. The number of nitrogens with one attached hydrogen (secondary N) is 1. The van der Waals surface area contributed by atoms with E-state index >= 15 is 0 Å². The zero-order valence-corrected chi connectivity index (χ0v) is 13.3. The lowest BCUT2D eigenvalue weighted by Crippen LogP contribution is -2.34. The summed E-state index contributed by atoms with van der Waals surface area (Å²) in [5, 5.41) is 12.2. The van der Waals surface area contributed by atoms with Crippen molar-refractivity contribution in [1.29, 1.82) is 0 Å². The molecule has 0 spiro atoms. The van der Waals surface area contributed by atoms with Crippen molar-refractivity contribution in [2.45, 2.75) is 33.3 Å².